The van der Waals surface area contributed by atoms with E-state index in [0.717, 1.165) is 0 Å². The zero-order chi connectivity index (χ0) is 13.0. The molecule has 1 amide bonds. The minimum absolute atomic E-state index is 0.210. The number of amides is 1. The Balaban J connectivity index is 2.46. The molecule has 3 N–H and O–H groups in total. The monoisotopic (exact) mass is 243 g/mol. The zero-order valence-corrected chi connectivity index (χ0v) is 9.32. The lowest BCUT2D eigenvalue weighted by molar-refractivity contribution is -0.105. The Bertz CT molecular complexity index is 548. The Morgan fingerprint density at radius 3 is 2.56 bits per heavy atom. The van der Waals surface area contributed by atoms with E-state index in [0.29, 0.717) is 23.5 Å². The van der Waals surface area contributed by atoms with Gasteiger partial charge >= 0.3 is 7.12 Å². The molecule has 0 spiro atoms. The highest BCUT2D eigenvalue weighted by atomic mass is 16.4. The summed E-state index contributed by atoms with van der Waals surface area (Å²) in [5.41, 5.74) is 1.19. The number of carbonyl (C=O) groups excluding carboxylic acids is 1. The smallest absolute Gasteiger partial charge is 0.423 e. The molecule has 0 aliphatic carbocycles. The molecule has 1 aromatic carbocycles. The average Bonchev–Trinajstić information content (AvgIpc) is 2.40. The standard InChI is InChI=1S/C11H10BN3O3/c16-7-15-10-6-8(2-3-9(10)12(17)18)11-13-4-1-5-14-11/h1-7,17-18H,(H,15,16). The fraction of sp³-hybridized carbons (Fsp3) is 0. The van der Waals surface area contributed by atoms with E-state index in [1.165, 1.54) is 6.07 Å². The maximum Gasteiger partial charge on any atom is 0.490 e. The zero-order valence-electron chi connectivity index (χ0n) is 9.32. The van der Waals surface area contributed by atoms with Crippen molar-refractivity contribution < 1.29 is 14.8 Å². The van der Waals surface area contributed by atoms with Crippen LogP contribution in [0.1, 0.15) is 0 Å². The summed E-state index contributed by atoms with van der Waals surface area (Å²) in [6.07, 6.45) is 3.67. The van der Waals surface area contributed by atoms with Gasteiger partial charge in [0.1, 0.15) is 0 Å². The molecule has 2 aromatic rings. The van der Waals surface area contributed by atoms with Crippen LogP contribution in [0, 0.1) is 0 Å². The van der Waals surface area contributed by atoms with Crippen molar-refractivity contribution in [2.24, 2.45) is 0 Å². The van der Waals surface area contributed by atoms with Gasteiger partial charge in [0.2, 0.25) is 6.41 Å². The summed E-state index contributed by atoms with van der Waals surface area (Å²) in [5, 5.41) is 20.7. The van der Waals surface area contributed by atoms with E-state index in [4.69, 9.17) is 10.0 Å². The summed E-state index contributed by atoms with van der Waals surface area (Å²) in [6, 6.07) is 6.43. The van der Waals surface area contributed by atoms with Crippen LogP contribution >= 0.6 is 0 Å². The first-order valence-corrected chi connectivity index (χ1v) is 5.20. The third-order valence-electron chi connectivity index (χ3n) is 2.37. The van der Waals surface area contributed by atoms with Crippen molar-refractivity contribution in [2.45, 2.75) is 0 Å². The fourth-order valence-corrected chi connectivity index (χ4v) is 1.56. The summed E-state index contributed by atoms with van der Waals surface area (Å²) in [6.45, 7) is 0. The predicted octanol–water partition coefficient (Wildman–Crippen LogP) is -0.608. The number of hydrogen-bond acceptors (Lipinski definition) is 5. The number of nitrogens with zero attached hydrogens (tertiary/aromatic N) is 2. The lowest BCUT2D eigenvalue weighted by Gasteiger charge is -2.09. The van der Waals surface area contributed by atoms with Gasteiger partial charge in [0.05, 0.1) is 0 Å². The van der Waals surface area contributed by atoms with Gasteiger partial charge in [0, 0.05) is 29.1 Å². The molecule has 0 saturated heterocycles. The molecule has 6 nitrogen and oxygen atoms in total. The molecule has 0 fully saturated rings. The van der Waals surface area contributed by atoms with Gasteiger partial charge in [-0.1, -0.05) is 12.1 Å². The Hall–Kier alpha value is -2.25. The summed E-state index contributed by atoms with van der Waals surface area (Å²) in [4.78, 5) is 18.6. The van der Waals surface area contributed by atoms with Gasteiger partial charge in [-0.2, -0.15) is 0 Å². The maximum absolute atomic E-state index is 10.5. The highest BCUT2D eigenvalue weighted by Crippen LogP contribution is 2.17. The van der Waals surface area contributed by atoms with Crippen LogP contribution in [0.15, 0.2) is 36.7 Å². The van der Waals surface area contributed by atoms with Crippen molar-refractivity contribution in [3.63, 3.8) is 0 Å². The Labute approximate surface area is 103 Å². The Morgan fingerprint density at radius 1 is 1.22 bits per heavy atom. The molecule has 2 rings (SSSR count). The van der Waals surface area contributed by atoms with Crippen LogP contribution in [-0.4, -0.2) is 33.5 Å². The molecule has 0 saturated carbocycles. The quantitative estimate of drug-likeness (QED) is 0.492. The van der Waals surface area contributed by atoms with Crippen molar-refractivity contribution in [3.8, 4) is 11.4 Å². The third-order valence-corrected chi connectivity index (χ3v) is 2.37. The van der Waals surface area contributed by atoms with Gasteiger partial charge in [-0.05, 0) is 12.1 Å². The van der Waals surface area contributed by atoms with Crippen LogP contribution in [0.5, 0.6) is 0 Å². The number of aromatic nitrogens is 2. The van der Waals surface area contributed by atoms with Crippen molar-refractivity contribution >= 4 is 24.7 Å². The molecule has 0 aliphatic heterocycles. The fourth-order valence-electron chi connectivity index (χ4n) is 1.56. The normalized spacial score (nSPS) is 9.89. The lowest BCUT2D eigenvalue weighted by atomic mass is 9.78. The molecule has 0 bridgehead atoms. The van der Waals surface area contributed by atoms with Crippen molar-refractivity contribution in [3.05, 3.63) is 36.7 Å². The molecular formula is C11H10BN3O3. The third kappa shape index (κ3) is 2.53. The SMILES string of the molecule is O=CNc1cc(-c2ncccn2)ccc1B(O)O. The lowest BCUT2D eigenvalue weighted by Crippen LogP contribution is -2.32. The minimum Gasteiger partial charge on any atom is -0.423 e. The molecule has 0 atom stereocenters. The topological polar surface area (TPSA) is 95.3 Å². The molecule has 0 aliphatic rings. The summed E-state index contributed by atoms with van der Waals surface area (Å²) in [7, 11) is -1.65. The highest BCUT2D eigenvalue weighted by Gasteiger charge is 2.16. The van der Waals surface area contributed by atoms with E-state index in [1.807, 2.05) is 0 Å². The summed E-state index contributed by atoms with van der Waals surface area (Å²) >= 11 is 0. The minimum atomic E-state index is -1.65. The van der Waals surface area contributed by atoms with Gasteiger partial charge in [0.15, 0.2) is 5.82 Å². The van der Waals surface area contributed by atoms with E-state index in [1.54, 1.807) is 30.6 Å². The second-order valence-electron chi connectivity index (χ2n) is 3.51. The van der Waals surface area contributed by atoms with Gasteiger partial charge in [0.25, 0.3) is 0 Å². The molecule has 90 valence electrons. The van der Waals surface area contributed by atoms with Gasteiger partial charge in [-0.15, -0.1) is 0 Å². The van der Waals surface area contributed by atoms with E-state index in [2.05, 4.69) is 15.3 Å². The largest absolute Gasteiger partial charge is 0.490 e. The van der Waals surface area contributed by atoms with E-state index < -0.39 is 7.12 Å². The predicted molar refractivity (Wildman–Crippen MR) is 67.0 cm³/mol. The first kappa shape index (κ1) is 12.2. The van der Waals surface area contributed by atoms with E-state index in [-0.39, 0.29) is 5.46 Å². The van der Waals surface area contributed by atoms with Crippen LogP contribution in [0.25, 0.3) is 11.4 Å². The first-order valence-electron chi connectivity index (χ1n) is 5.20. The molecular weight excluding hydrogens is 233 g/mol. The first-order chi connectivity index (χ1) is 8.72. The number of hydrogen-bond donors (Lipinski definition) is 3. The maximum atomic E-state index is 10.5. The number of nitrogens with one attached hydrogen (secondary N) is 1. The number of benzene rings is 1. The Morgan fingerprint density at radius 2 is 1.94 bits per heavy atom. The Kier molecular flexibility index (Phi) is 3.66. The molecule has 0 unspecified atom stereocenters. The number of carbonyl (C=O) groups is 1. The molecule has 18 heavy (non-hydrogen) atoms. The number of rotatable bonds is 4. The molecule has 1 heterocycles. The van der Waals surface area contributed by atoms with Crippen LogP contribution in [0.4, 0.5) is 5.69 Å². The highest BCUT2D eigenvalue weighted by molar-refractivity contribution is 6.60. The van der Waals surface area contributed by atoms with E-state index in [9.17, 15) is 4.79 Å². The van der Waals surface area contributed by atoms with Crippen molar-refractivity contribution in [1.82, 2.24) is 9.97 Å². The molecule has 0 radical (unpaired) electrons. The van der Waals surface area contributed by atoms with Crippen LogP contribution in [0.3, 0.4) is 0 Å². The van der Waals surface area contributed by atoms with Gasteiger partial charge in [-0.25, -0.2) is 9.97 Å². The summed E-state index contributed by atoms with van der Waals surface area (Å²) in [5.74, 6) is 0.491. The van der Waals surface area contributed by atoms with Crippen LogP contribution in [-0.2, 0) is 4.79 Å². The van der Waals surface area contributed by atoms with Crippen molar-refractivity contribution in [2.75, 3.05) is 5.32 Å². The van der Waals surface area contributed by atoms with Crippen LogP contribution in [0.2, 0.25) is 0 Å². The summed E-state index contributed by atoms with van der Waals surface area (Å²) < 4.78 is 0. The van der Waals surface area contributed by atoms with Gasteiger partial charge in [-0.3, -0.25) is 4.79 Å². The van der Waals surface area contributed by atoms with Crippen molar-refractivity contribution in [1.29, 1.82) is 0 Å². The second-order valence-corrected chi connectivity index (χ2v) is 3.51. The van der Waals surface area contributed by atoms with Gasteiger partial charge < -0.3 is 15.4 Å². The van der Waals surface area contributed by atoms with Crippen LogP contribution < -0.4 is 10.8 Å². The van der Waals surface area contributed by atoms with E-state index >= 15 is 0 Å². The second kappa shape index (κ2) is 5.39. The molecule has 1 aromatic heterocycles. The average molecular weight is 243 g/mol. The number of anilines is 1. The molecule has 7 heteroatoms.